The number of rotatable bonds is 6. The molecule has 0 atom stereocenters. The minimum absolute atomic E-state index is 0.0142. The second-order valence-electron chi connectivity index (χ2n) is 5.72. The third-order valence-electron chi connectivity index (χ3n) is 3.93. The van der Waals surface area contributed by atoms with Crippen molar-refractivity contribution < 1.29 is 23.2 Å². The van der Waals surface area contributed by atoms with Crippen molar-refractivity contribution in [2.45, 2.75) is 6.54 Å². The van der Waals surface area contributed by atoms with Crippen LogP contribution in [-0.2, 0) is 6.54 Å². The first-order chi connectivity index (χ1) is 13.0. The molecule has 140 valence electrons. The van der Waals surface area contributed by atoms with E-state index in [1.165, 1.54) is 37.3 Å². The minimum atomic E-state index is -0.578. The van der Waals surface area contributed by atoms with E-state index in [0.29, 0.717) is 22.9 Å². The van der Waals surface area contributed by atoms with Crippen LogP contribution in [0.4, 0.5) is 4.39 Å². The summed E-state index contributed by atoms with van der Waals surface area (Å²) in [7, 11) is 4.62. The Morgan fingerprint density at radius 2 is 1.89 bits per heavy atom. The fourth-order valence-corrected chi connectivity index (χ4v) is 2.53. The molecule has 27 heavy (non-hydrogen) atoms. The first-order valence-electron chi connectivity index (χ1n) is 8.08. The average molecular weight is 371 g/mol. The number of benzene rings is 2. The van der Waals surface area contributed by atoms with Gasteiger partial charge in [0.2, 0.25) is 11.7 Å². The van der Waals surface area contributed by atoms with E-state index in [1.807, 2.05) is 0 Å². The molecule has 0 radical (unpaired) electrons. The molecule has 3 aromatic rings. The predicted octanol–water partition coefficient (Wildman–Crippen LogP) is 3.17. The van der Waals surface area contributed by atoms with Crippen molar-refractivity contribution in [3.05, 3.63) is 59.7 Å². The van der Waals surface area contributed by atoms with E-state index in [9.17, 15) is 9.18 Å². The molecule has 0 fully saturated rings. The molecule has 8 heteroatoms. The van der Waals surface area contributed by atoms with Gasteiger partial charge in [0, 0.05) is 12.6 Å². The minimum Gasteiger partial charge on any atom is -0.493 e. The molecule has 7 nitrogen and oxygen atoms in total. The van der Waals surface area contributed by atoms with Gasteiger partial charge in [-0.25, -0.2) is 4.39 Å². The van der Waals surface area contributed by atoms with Crippen LogP contribution in [0.5, 0.6) is 11.5 Å². The van der Waals surface area contributed by atoms with Crippen molar-refractivity contribution in [3.8, 4) is 22.9 Å². The van der Waals surface area contributed by atoms with Gasteiger partial charge in [-0.3, -0.25) is 4.79 Å². The summed E-state index contributed by atoms with van der Waals surface area (Å²) in [5.74, 6) is 0.642. The Morgan fingerprint density at radius 1 is 1.15 bits per heavy atom. The standard InChI is InChI=1S/C19H18FN3O4/c1-23(19(24)13-6-4-5-7-14(13)20)11-17-21-18(22-27-17)12-8-9-15(25-2)16(10-12)26-3/h4-10H,11H2,1-3H3. The number of hydrogen-bond donors (Lipinski definition) is 0. The molecule has 0 saturated carbocycles. The molecule has 0 unspecified atom stereocenters. The van der Waals surface area contributed by atoms with E-state index in [0.717, 1.165) is 0 Å². The number of carbonyl (C=O) groups excluding carboxylic acids is 1. The molecule has 1 aromatic heterocycles. The Balaban J connectivity index is 1.76. The largest absolute Gasteiger partial charge is 0.493 e. The Hall–Kier alpha value is -3.42. The molecule has 0 aliphatic heterocycles. The molecular formula is C19H18FN3O4. The lowest BCUT2D eigenvalue weighted by atomic mass is 10.2. The van der Waals surface area contributed by atoms with Crippen LogP contribution in [0.15, 0.2) is 47.0 Å². The summed E-state index contributed by atoms with van der Waals surface area (Å²) in [5.41, 5.74) is 0.658. The topological polar surface area (TPSA) is 77.7 Å². The Bertz CT molecular complexity index is 958. The van der Waals surface area contributed by atoms with Crippen LogP contribution in [-0.4, -0.2) is 42.2 Å². The quantitative estimate of drug-likeness (QED) is 0.662. The maximum atomic E-state index is 13.8. The zero-order chi connectivity index (χ0) is 19.4. The van der Waals surface area contributed by atoms with Gasteiger partial charge in [-0.05, 0) is 30.3 Å². The number of aromatic nitrogens is 2. The third-order valence-corrected chi connectivity index (χ3v) is 3.93. The van der Waals surface area contributed by atoms with E-state index in [4.69, 9.17) is 14.0 Å². The highest BCUT2D eigenvalue weighted by Gasteiger charge is 2.19. The van der Waals surface area contributed by atoms with Crippen LogP contribution in [0.25, 0.3) is 11.4 Å². The number of halogens is 1. The summed E-state index contributed by atoms with van der Waals surface area (Å²) >= 11 is 0. The highest BCUT2D eigenvalue weighted by Crippen LogP contribution is 2.31. The van der Waals surface area contributed by atoms with E-state index in [2.05, 4.69) is 10.1 Å². The van der Waals surface area contributed by atoms with E-state index in [-0.39, 0.29) is 18.0 Å². The van der Waals surface area contributed by atoms with E-state index < -0.39 is 11.7 Å². The van der Waals surface area contributed by atoms with Crippen molar-refractivity contribution in [2.75, 3.05) is 21.3 Å². The van der Waals surface area contributed by atoms with Crippen LogP contribution in [0.2, 0.25) is 0 Å². The van der Waals surface area contributed by atoms with Crippen molar-refractivity contribution in [2.24, 2.45) is 0 Å². The number of carbonyl (C=O) groups is 1. The molecule has 0 bridgehead atoms. The number of methoxy groups -OCH3 is 2. The number of amides is 1. The van der Waals surface area contributed by atoms with Gasteiger partial charge in [0.25, 0.3) is 5.91 Å². The number of hydrogen-bond acceptors (Lipinski definition) is 6. The number of ether oxygens (including phenoxy) is 2. The maximum absolute atomic E-state index is 13.8. The molecule has 1 heterocycles. The van der Waals surface area contributed by atoms with Crippen molar-refractivity contribution in [1.82, 2.24) is 15.0 Å². The molecule has 0 aliphatic rings. The normalized spacial score (nSPS) is 10.5. The summed E-state index contributed by atoms with van der Waals surface area (Å²) in [6.07, 6.45) is 0. The first kappa shape index (κ1) is 18.4. The van der Waals surface area contributed by atoms with Gasteiger partial charge in [0.1, 0.15) is 5.82 Å². The monoisotopic (exact) mass is 371 g/mol. The number of nitrogens with zero attached hydrogens (tertiary/aromatic N) is 3. The molecule has 0 spiro atoms. The highest BCUT2D eigenvalue weighted by atomic mass is 19.1. The van der Waals surface area contributed by atoms with E-state index in [1.54, 1.807) is 31.4 Å². The fourth-order valence-electron chi connectivity index (χ4n) is 2.53. The molecule has 3 rings (SSSR count). The van der Waals surface area contributed by atoms with Crippen molar-refractivity contribution >= 4 is 5.91 Å². The molecule has 0 saturated heterocycles. The van der Waals surface area contributed by atoms with Gasteiger partial charge in [-0.2, -0.15) is 4.98 Å². The Labute approximate surface area is 155 Å². The average Bonchev–Trinajstić information content (AvgIpc) is 3.15. The fraction of sp³-hybridized carbons (Fsp3) is 0.211. The molecule has 0 N–H and O–H groups in total. The van der Waals surface area contributed by atoms with Crippen LogP contribution in [0.3, 0.4) is 0 Å². The summed E-state index contributed by atoms with van der Waals surface area (Å²) in [5, 5.41) is 3.93. The smallest absolute Gasteiger partial charge is 0.257 e. The van der Waals surface area contributed by atoms with Crippen LogP contribution in [0, 0.1) is 5.82 Å². The van der Waals surface area contributed by atoms with Crippen LogP contribution < -0.4 is 9.47 Å². The van der Waals surface area contributed by atoms with Crippen molar-refractivity contribution in [1.29, 1.82) is 0 Å². The molecule has 1 amide bonds. The van der Waals surface area contributed by atoms with Gasteiger partial charge in [0.15, 0.2) is 11.5 Å². The lowest BCUT2D eigenvalue weighted by molar-refractivity contribution is 0.0765. The second-order valence-corrected chi connectivity index (χ2v) is 5.72. The third kappa shape index (κ3) is 3.89. The molecule has 2 aromatic carbocycles. The zero-order valence-electron chi connectivity index (χ0n) is 15.1. The van der Waals surface area contributed by atoms with Crippen molar-refractivity contribution in [3.63, 3.8) is 0 Å². The second kappa shape index (κ2) is 7.86. The van der Waals surface area contributed by atoms with Gasteiger partial charge in [-0.1, -0.05) is 17.3 Å². The Kier molecular flexibility index (Phi) is 5.35. The van der Waals surface area contributed by atoms with Crippen LogP contribution >= 0.6 is 0 Å². The first-order valence-corrected chi connectivity index (χ1v) is 8.08. The zero-order valence-corrected chi connectivity index (χ0v) is 15.1. The SMILES string of the molecule is COc1ccc(-c2noc(CN(C)C(=O)c3ccccc3F)n2)cc1OC. The summed E-state index contributed by atoms with van der Waals surface area (Å²) < 4.78 is 29.5. The summed E-state index contributed by atoms with van der Waals surface area (Å²) in [6.45, 7) is 0.0491. The summed E-state index contributed by atoms with van der Waals surface area (Å²) in [6, 6.07) is 11.0. The molecular weight excluding hydrogens is 353 g/mol. The van der Waals surface area contributed by atoms with Crippen LogP contribution in [0.1, 0.15) is 16.2 Å². The molecule has 0 aliphatic carbocycles. The maximum Gasteiger partial charge on any atom is 0.257 e. The van der Waals surface area contributed by atoms with E-state index >= 15 is 0 Å². The lowest BCUT2D eigenvalue weighted by Crippen LogP contribution is -2.27. The van der Waals surface area contributed by atoms with Gasteiger partial charge in [0.05, 0.1) is 26.3 Å². The Morgan fingerprint density at radius 3 is 2.59 bits per heavy atom. The van der Waals surface area contributed by atoms with Gasteiger partial charge >= 0.3 is 0 Å². The summed E-state index contributed by atoms with van der Waals surface area (Å²) in [4.78, 5) is 18.0. The predicted molar refractivity (Wildman–Crippen MR) is 95.0 cm³/mol. The van der Waals surface area contributed by atoms with Gasteiger partial charge < -0.3 is 18.9 Å². The highest BCUT2D eigenvalue weighted by molar-refractivity contribution is 5.94. The van der Waals surface area contributed by atoms with Gasteiger partial charge in [-0.15, -0.1) is 0 Å². The lowest BCUT2D eigenvalue weighted by Gasteiger charge is -2.15.